The quantitative estimate of drug-likeness (QED) is 0.679. The minimum Gasteiger partial charge on any atom is -0.287 e. The molecule has 0 spiro atoms. The van der Waals surface area contributed by atoms with Gasteiger partial charge in [-0.15, -0.1) is 0 Å². The molecule has 20 heavy (non-hydrogen) atoms. The Bertz CT molecular complexity index is 775. The minimum absolute atomic E-state index is 0.0632. The Morgan fingerprint density at radius 2 is 1.75 bits per heavy atom. The van der Waals surface area contributed by atoms with Gasteiger partial charge in [0.15, 0.2) is 0 Å². The lowest BCUT2D eigenvalue weighted by atomic mass is 10.00. The third-order valence-corrected chi connectivity index (χ3v) is 3.36. The summed E-state index contributed by atoms with van der Waals surface area (Å²) in [6.45, 7) is 2.02. The zero-order valence-electron chi connectivity index (χ0n) is 11.2. The molecule has 0 aliphatic rings. The molecule has 0 fully saturated rings. The van der Waals surface area contributed by atoms with Crippen LogP contribution in [0.3, 0.4) is 0 Å². The smallest absolute Gasteiger partial charge is 0.213 e. The van der Waals surface area contributed by atoms with Crippen LogP contribution in [0.5, 0.6) is 0 Å². The van der Waals surface area contributed by atoms with E-state index in [1.54, 1.807) is 12.4 Å². The molecule has 2 heterocycles. The van der Waals surface area contributed by atoms with Crippen LogP contribution in [-0.4, -0.2) is 15.8 Å². The normalized spacial score (nSPS) is 10.7. The molecule has 0 N–H and O–H groups in total. The van der Waals surface area contributed by atoms with E-state index in [-0.39, 0.29) is 5.78 Å². The van der Waals surface area contributed by atoms with Crippen molar-refractivity contribution in [1.82, 2.24) is 9.97 Å². The number of fused-ring (bicyclic) bond motifs is 1. The van der Waals surface area contributed by atoms with Crippen molar-refractivity contribution < 1.29 is 4.79 Å². The summed E-state index contributed by atoms with van der Waals surface area (Å²) in [5.74, 6) is -0.0632. The van der Waals surface area contributed by atoms with Gasteiger partial charge in [-0.2, -0.15) is 0 Å². The van der Waals surface area contributed by atoms with Crippen LogP contribution < -0.4 is 0 Å². The number of hydrogen-bond donors (Lipinski definition) is 0. The third kappa shape index (κ3) is 2.07. The van der Waals surface area contributed by atoms with Crippen molar-refractivity contribution in [2.24, 2.45) is 0 Å². The molecule has 98 valence electrons. The van der Waals surface area contributed by atoms with Crippen LogP contribution >= 0.6 is 0 Å². The molecule has 0 aliphatic heterocycles. The summed E-state index contributed by atoms with van der Waals surface area (Å²) >= 11 is 0. The SMILES string of the molecule is CCc1cccnc1C(=O)c1cccc2cccnc12. The number of aromatic nitrogens is 2. The van der Waals surface area contributed by atoms with Crippen LogP contribution in [0.4, 0.5) is 0 Å². The first-order chi connectivity index (χ1) is 9.81. The van der Waals surface area contributed by atoms with E-state index in [4.69, 9.17) is 0 Å². The summed E-state index contributed by atoms with van der Waals surface area (Å²) in [7, 11) is 0. The summed E-state index contributed by atoms with van der Waals surface area (Å²) in [6.07, 6.45) is 4.15. The standard InChI is InChI=1S/C17H14N2O/c1-2-12-7-4-11-19-16(12)17(20)14-9-3-6-13-8-5-10-18-15(13)14/h3-11H,2H2,1H3. The molecule has 0 unspecified atom stereocenters. The first-order valence-corrected chi connectivity index (χ1v) is 6.63. The molecule has 0 saturated carbocycles. The number of ketones is 1. The second kappa shape index (κ2) is 5.21. The van der Waals surface area contributed by atoms with Gasteiger partial charge in [0.25, 0.3) is 0 Å². The minimum atomic E-state index is -0.0632. The van der Waals surface area contributed by atoms with Gasteiger partial charge in [-0.05, 0) is 30.2 Å². The summed E-state index contributed by atoms with van der Waals surface area (Å²) in [4.78, 5) is 21.3. The van der Waals surface area contributed by atoms with Gasteiger partial charge < -0.3 is 0 Å². The van der Waals surface area contributed by atoms with Crippen molar-refractivity contribution in [3.05, 3.63) is 71.7 Å². The molecule has 3 aromatic rings. The van der Waals surface area contributed by atoms with Crippen LogP contribution in [0.25, 0.3) is 10.9 Å². The molecule has 2 aromatic heterocycles. The Hall–Kier alpha value is -2.55. The fourth-order valence-corrected chi connectivity index (χ4v) is 2.34. The summed E-state index contributed by atoms with van der Waals surface area (Å²) < 4.78 is 0. The fraction of sp³-hybridized carbons (Fsp3) is 0.118. The Morgan fingerprint density at radius 3 is 2.60 bits per heavy atom. The van der Waals surface area contributed by atoms with Gasteiger partial charge in [0.1, 0.15) is 5.69 Å². The maximum absolute atomic E-state index is 12.7. The van der Waals surface area contributed by atoms with Crippen molar-refractivity contribution >= 4 is 16.7 Å². The lowest BCUT2D eigenvalue weighted by Crippen LogP contribution is -2.08. The number of carbonyl (C=O) groups excluding carboxylic acids is 1. The monoisotopic (exact) mass is 262 g/mol. The number of carbonyl (C=O) groups is 1. The Kier molecular flexibility index (Phi) is 3.25. The Labute approximate surface area is 117 Å². The van der Waals surface area contributed by atoms with Gasteiger partial charge >= 0.3 is 0 Å². The largest absolute Gasteiger partial charge is 0.287 e. The topological polar surface area (TPSA) is 42.9 Å². The van der Waals surface area contributed by atoms with Crippen molar-refractivity contribution in [1.29, 1.82) is 0 Å². The van der Waals surface area contributed by atoms with Crippen LogP contribution in [0.15, 0.2) is 54.9 Å². The predicted octanol–water partition coefficient (Wildman–Crippen LogP) is 3.42. The fourth-order valence-electron chi connectivity index (χ4n) is 2.34. The summed E-state index contributed by atoms with van der Waals surface area (Å²) in [5.41, 5.74) is 2.82. The van der Waals surface area contributed by atoms with E-state index in [0.29, 0.717) is 11.3 Å². The lowest BCUT2D eigenvalue weighted by Gasteiger charge is -2.07. The predicted molar refractivity (Wildman–Crippen MR) is 78.8 cm³/mol. The van der Waals surface area contributed by atoms with Crippen LogP contribution in [0, 0.1) is 0 Å². The first-order valence-electron chi connectivity index (χ1n) is 6.63. The molecular weight excluding hydrogens is 248 g/mol. The summed E-state index contributed by atoms with van der Waals surface area (Å²) in [5, 5.41) is 0.965. The number of aryl methyl sites for hydroxylation is 1. The van der Waals surface area contributed by atoms with Gasteiger partial charge in [-0.1, -0.05) is 31.2 Å². The van der Waals surface area contributed by atoms with Gasteiger partial charge in [0.05, 0.1) is 11.1 Å². The van der Waals surface area contributed by atoms with E-state index in [1.165, 1.54) is 0 Å². The van der Waals surface area contributed by atoms with Crippen LogP contribution in [0.1, 0.15) is 28.5 Å². The molecular formula is C17H14N2O. The number of pyridine rings is 2. The van der Waals surface area contributed by atoms with Crippen molar-refractivity contribution in [3.8, 4) is 0 Å². The number of benzene rings is 1. The summed E-state index contributed by atoms with van der Waals surface area (Å²) in [6, 6.07) is 13.3. The Balaban J connectivity index is 2.18. The highest BCUT2D eigenvalue weighted by Gasteiger charge is 2.16. The maximum Gasteiger partial charge on any atom is 0.213 e. The highest BCUT2D eigenvalue weighted by molar-refractivity contribution is 6.15. The molecule has 0 amide bonds. The number of rotatable bonds is 3. The van der Waals surface area contributed by atoms with E-state index < -0.39 is 0 Å². The van der Waals surface area contributed by atoms with E-state index in [1.807, 2.05) is 49.4 Å². The number of hydrogen-bond acceptors (Lipinski definition) is 3. The molecule has 0 bridgehead atoms. The van der Waals surface area contributed by atoms with E-state index >= 15 is 0 Å². The zero-order valence-corrected chi connectivity index (χ0v) is 11.2. The molecule has 0 atom stereocenters. The van der Waals surface area contributed by atoms with Crippen molar-refractivity contribution in [2.45, 2.75) is 13.3 Å². The molecule has 1 aromatic carbocycles. The molecule has 3 nitrogen and oxygen atoms in total. The van der Waals surface area contributed by atoms with Crippen LogP contribution in [0.2, 0.25) is 0 Å². The average molecular weight is 262 g/mol. The van der Waals surface area contributed by atoms with Crippen molar-refractivity contribution in [3.63, 3.8) is 0 Å². The van der Waals surface area contributed by atoms with Gasteiger partial charge in [-0.25, -0.2) is 0 Å². The highest BCUT2D eigenvalue weighted by Crippen LogP contribution is 2.20. The van der Waals surface area contributed by atoms with Crippen molar-refractivity contribution in [2.75, 3.05) is 0 Å². The molecule has 0 saturated heterocycles. The van der Waals surface area contributed by atoms with Gasteiger partial charge in [-0.3, -0.25) is 14.8 Å². The highest BCUT2D eigenvalue weighted by atomic mass is 16.1. The van der Waals surface area contributed by atoms with Gasteiger partial charge in [0.2, 0.25) is 5.78 Å². The van der Waals surface area contributed by atoms with Gasteiger partial charge in [0, 0.05) is 17.8 Å². The van der Waals surface area contributed by atoms with E-state index in [0.717, 1.165) is 22.9 Å². The number of nitrogens with zero attached hydrogens (tertiary/aromatic N) is 2. The molecule has 0 aliphatic carbocycles. The second-order valence-electron chi connectivity index (χ2n) is 4.57. The first kappa shape index (κ1) is 12.5. The van der Waals surface area contributed by atoms with E-state index in [2.05, 4.69) is 9.97 Å². The Morgan fingerprint density at radius 1 is 1.00 bits per heavy atom. The molecule has 0 radical (unpaired) electrons. The molecule has 3 heteroatoms. The second-order valence-corrected chi connectivity index (χ2v) is 4.57. The number of para-hydroxylation sites is 1. The van der Waals surface area contributed by atoms with Crippen LogP contribution in [-0.2, 0) is 6.42 Å². The molecule has 3 rings (SSSR count). The average Bonchev–Trinajstić information content (AvgIpc) is 2.53. The lowest BCUT2D eigenvalue weighted by molar-refractivity contribution is 0.103. The van der Waals surface area contributed by atoms with E-state index in [9.17, 15) is 4.79 Å². The third-order valence-electron chi connectivity index (χ3n) is 3.36. The maximum atomic E-state index is 12.7. The zero-order chi connectivity index (χ0) is 13.9.